The van der Waals surface area contributed by atoms with E-state index in [9.17, 15) is 19.7 Å². The van der Waals surface area contributed by atoms with Crippen LogP contribution in [0.25, 0.3) is 6.08 Å². The molecule has 1 aliphatic carbocycles. The maximum absolute atomic E-state index is 13.9. The van der Waals surface area contributed by atoms with Gasteiger partial charge in [0.05, 0.1) is 15.1 Å². The number of carbonyl (C=O) groups excluding carboxylic acids is 1. The van der Waals surface area contributed by atoms with Crippen LogP contribution in [-0.4, -0.2) is 5.91 Å². The molecule has 0 saturated carbocycles. The van der Waals surface area contributed by atoms with Gasteiger partial charge in [0.1, 0.15) is 35.1 Å². The number of nitriles is 2. The van der Waals surface area contributed by atoms with E-state index in [0.717, 1.165) is 36.1 Å². The van der Waals surface area contributed by atoms with Crippen molar-refractivity contribution in [2.45, 2.75) is 32.3 Å². The summed E-state index contributed by atoms with van der Waals surface area (Å²) in [6.07, 6.45) is 5.20. The number of fused-ring (bicyclic) bond motifs is 1. The molecule has 3 aromatic rings. The number of halogens is 3. The minimum atomic E-state index is -0.602. The van der Waals surface area contributed by atoms with Crippen LogP contribution in [0.5, 0.6) is 5.75 Å². The number of rotatable bonds is 6. The van der Waals surface area contributed by atoms with Gasteiger partial charge in [-0.15, -0.1) is 11.3 Å². The molecule has 176 valence electrons. The number of thiophene rings is 1. The van der Waals surface area contributed by atoms with E-state index in [1.54, 1.807) is 30.3 Å². The molecule has 0 saturated heterocycles. The zero-order chi connectivity index (χ0) is 24.9. The Bertz CT molecular complexity index is 1400. The first-order valence-corrected chi connectivity index (χ1v) is 12.7. The van der Waals surface area contributed by atoms with Gasteiger partial charge in [0, 0.05) is 10.4 Å². The second kappa shape index (κ2) is 11.0. The molecule has 1 aromatic heterocycles. The van der Waals surface area contributed by atoms with E-state index in [4.69, 9.17) is 16.3 Å². The molecule has 35 heavy (non-hydrogen) atoms. The lowest BCUT2D eigenvalue weighted by Crippen LogP contribution is -2.13. The molecule has 2 aromatic carbocycles. The van der Waals surface area contributed by atoms with Crippen molar-refractivity contribution < 1.29 is 13.9 Å². The highest BCUT2D eigenvalue weighted by atomic mass is 79.9. The van der Waals surface area contributed by atoms with E-state index in [2.05, 4.69) is 27.3 Å². The number of carbonyl (C=O) groups is 1. The molecule has 5 nitrogen and oxygen atoms in total. The van der Waals surface area contributed by atoms with Crippen molar-refractivity contribution in [2.75, 3.05) is 5.32 Å². The van der Waals surface area contributed by atoms with Gasteiger partial charge in [-0.25, -0.2) is 4.39 Å². The Kier molecular flexibility index (Phi) is 7.87. The molecule has 0 spiro atoms. The van der Waals surface area contributed by atoms with Gasteiger partial charge in [-0.05, 0) is 77.0 Å². The lowest BCUT2D eigenvalue weighted by atomic mass is 9.96. The SMILES string of the molecule is N#C/C(=C\c1cc(Cl)c(OCc2ccccc2F)c(Br)c1)C(=O)Nc1sc2c(c1C#N)CCCC2. The molecule has 9 heteroatoms. The first-order valence-electron chi connectivity index (χ1n) is 10.7. The Balaban J connectivity index is 1.53. The standard InChI is InChI=1S/C26H18BrClFN3O2S/c27-20-10-15(11-21(28)24(20)34-14-16-5-1-3-7-22(16)29)9-17(12-30)25(33)32-26-19(13-31)18-6-2-4-8-23(18)35-26/h1,3,5,7,9-11H,2,4,6,8,14H2,(H,32,33)/b17-9+. The Labute approximate surface area is 219 Å². The van der Waals surface area contributed by atoms with Crippen LogP contribution in [0.15, 0.2) is 46.4 Å². The molecule has 1 N–H and O–H groups in total. The molecule has 0 unspecified atom stereocenters. The van der Waals surface area contributed by atoms with Gasteiger partial charge >= 0.3 is 0 Å². The summed E-state index contributed by atoms with van der Waals surface area (Å²) in [5.74, 6) is -0.664. The molecule has 1 aliphatic rings. The molecule has 1 heterocycles. The number of hydrogen-bond donors (Lipinski definition) is 1. The van der Waals surface area contributed by atoms with Crippen LogP contribution in [0.3, 0.4) is 0 Å². The summed E-state index contributed by atoms with van der Waals surface area (Å²) >= 11 is 11.2. The van der Waals surface area contributed by atoms with E-state index >= 15 is 0 Å². The molecular formula is C26H18BrClFN3O2S. The summed E-state index contributed by atoms with van der Waals surface area (Å²) in [6.45, 7) is -0.0158. The van der Waals surface area contributed by atoms with Crippen molar-refractivity contribution in [2.24, 2.45) is 0 Å². The van der Waals surface area contributed by atoms with E-state index in [0.29, 0.717) is 31.9 Å². The molecule has 0 aliphatic heterocycles. The second-order valence-electron chi connectivity index (χ2n) is 7.84. The number of ether oxygens (including phenoxy) is 1. The lowest BCUT2D eigenvalue weighted by Gasteiger charge is -2.12. The highest BCUT2D eigenvalue weighted by Crippen LogP contribution is 2.38. The van der Waals surface area contributed by atoms with E-state index < -0.39 is 5.91 Å². The molecule has 0 fully saturated rings. The van der Waals surface area contributed by atoms with Crippen LogP contribution in [0.1, 0.15) is 40.0 Å². The summed E-state index contributed by atoms with van der Waals surface area (Å²) in [5.41, 5.74) is 2.23. The van der Waals surface area contributed by atoms with Gasteiger partial charge in [-0.1, -0.05) is 29.8 Å². The second-order valence-corrected chi connectivity index (χ2v) is 10.2. The molecule has 0 bridgehead atoms. The van der Waals surface area contributed by atoms with Crippen molar-refractivity contribution in [3.05, 3.63) is 84.4 Å². The average Bonchev–Trinajstić information content (AvgIpc) is 3.19. The summed E-state index contributed by atoms with van der Waals surface area (Å²) in [5, 5.41) is 22.7. The molecule has 1 amide bonds. The number of nitrogens with one attached hydrogen (secondary N) is 1. The van der Waals surface area contributed by atoms with Crippen molar-refractivity contribution in [1.29, 1.82) is 10.5 Å². The molecular weight excluding hydrogens is 553 g/mol. The number of aryl methyl sites for hydroxylation is 1. The largest absolute Gasteiger partial charge is 0.486 e. The highest BCUT2D eigenvalue weighted by Gasteiger charge is 2.23. The molecule has 0 atom stereocenters. The molecule has 4 rings (SSSR count). The van der Waals surface area contributed by atoms with Crippen LogP contribution in [0.2, 0.25) is 5.02 Å². The first-order chi connectivity index (χ1) is 16.9. The van der Waals surface area contributed by atoms with Crippen molar-refractivity contribution in [3.8, 4) is 17.9 Å². The van der Waals surface area contributed by atoms with Crippen LogP contribution >= 0.6 is 38.9 Å². The number of amides is 1. The molecule has 0 radical (unpaired) electrons. The van der Waals surface area contributed by atoms with Gasteiger partial charge in [-0.3, -0.25) is 4.79 Å². The minimum Gasteiger partial charge on any atom is -0.486 e. The third kappa shape index (κ3) is 5.57. The van der Waals surface area contributed by atoms with Crippen molar-refractivity contribution in [3.63, 3.8) is 0 Å². The third-order valence-electron chi connectivity index (χ3n) is 5.54. The maximum Gasteiger partial charge on any atom is 0.266 e. The van der Waals surface area contributed by atoms with Crippen molar-refractivity contribution >= 4 is 55.9 Å². The van der Waals surface area contributed by atoms with E-state index in [1.807, 2.05) is 6.07 Å². The Morgan fingerprint density at radius 3 is 2.74 bits per heavy atom. The topological polar surface area (TPSA) is 85.9 Å². The smallest absolute Gasteiger partial charge is 0.266 e. The zero-order valence-electron chi connectivity index (χ0n) is 18.3. The van der Waals surface area contributed by atoms with Crippen LogP contribution in [-0.2, 0) is 24.2 Å². The fraction of sp³-hybridized carbons (Fsp3) is 0.192. The fourth-order valence-corrected chi connectivity index (χ4v) is 6.05. The minimum absolute atomic E-state index is 0.0158. The van der Waals surface area contributed by atoms with Gasteiger partial charge < -0.3 is 10.1 Å². The summed E-state index contributed by atoms with van der Waals surface area (Å²) in [6, 6.07) is 13.6. The van der Waals surface area contributed by atoms with Gasteiger partial charge in [0.15, 0.2) is 5.75 Å². The number of hydrogen-bond acceptors (Lipinski definition) is 5. The van der Waals surface area contributed by atoms with Crippen LogP contribution in [0, 0.1) is 28.5 Å². The number of nitrogens with zero attached hydrogens (tertiary/aromatic N) is 2. The average molecular weight is 571 g/mol. The Hall–Kier alpha value is -3.17. The van der Waals surface area contributed by atoms with Gasteiger partial charge in [0.25, 0.3) is 5.91 Å². The summed E-state index contributed by atoms with van der Waals surface area (Å²) < 4.78 is 20.1. The van der Waals surface area contributed by atoms with E-state index in [1.165, 1.54) is 23.5 Å². The lowest BCUT2D eigenvalue weighted by molar-refractivity contribution is -0.112. The summed E-state index contributed by atoms with van der Waals surface area (Å²) in [7, 11) is 0. The normalized spacial score (nSPS) is 12.9. The zero-order valence-corrected chi connectivity index (χ0v) is 21.5. The Morgan fingerprint density at radius 1 is 1.26 bits per heavy atom. The predicted octanol–water partition coefficient (Wildman–Crippen LogP) is 7.18. The van der Waals surface area contributed by atoms with Gasteiger partial charge in [0.2, 0.25) is 0 Å². The van der Waals surface area contributed by atoms with Gasteiger partial charge in [-0.2, -0.15) is 10.5 Å². The summed E-state index contributed by atoms with van der Waals surface area (Å²) in [4.78, 5) is 14.0. The van der Waals surface area contributed by atoms with Crippen LogP contribution < -0.4 is 10.1 Å². The van der Waals surface area contributed by atoms with E-state index in [-0.39, 0.29) is 23.0 Å². The fourth-order valence-electron chi connectivity index (χ4n) is 3.82. The monoisotopic (exact) mass is 569 g/mol. The highest BCUT2D eigenvalue weighted by molar-refractivity contribution is 9.10. The van der Waals surface area contributed by atoms with Crippen molar-refractivity contribution in [1.82, 2.24) is 0 Å². The number of anilines is 1. The Morgan fingerprint density at radius 2 is 2.03 bits per heavy atom. The van der Waals surface area contributed by atoms with Crippen LogP contribution in [0.4, 0.5) is 9.39 Å². The predicted molar refractivity (Wildman–Crippen MR) is 138 cm³/mol. The third-order valence-corrected chi connectivity index (χ3v) is 7.61. The first kappa shape index (κ1) is 24.9. The number of benzene rings is 2. The maximum atomic E-state index is 13.9. The quantitative estimate of drug-likeness (QED) is 0.251.